The van der Waals surface area contributed by atoms with Gasteiger partial charge in [0.25, 0.3) is 5.91 Å². The minimum Gasteiger partial charge on any atom is -0.477 e. The van der Waals surface area contributed by atoms with Gasteiger partial charge in [0.2, 0.25) is 0 Å². The molecule has 8 heteroatoms. The van der Waals surface area contributed by atoms with E-state index in [4.69, 9.17) is 4.74 Å². The molecule has 8 nitrogen and oxygen atoms in total. The summed E-state index contributed by atoms with van der Waals surface area (Å²) in [5.41, 5.74) is 1.84. The predicted molar refractivity (Wildman–Crippen MR) is 98.2 cm³/mol. The summed E-state index contributed by atoms with van der Waals surface area (Å²) in [6.07, 6.45) is 3.58. The number of carbonyl (C=O) groups excluding carboxylic acids is 1. The topological polar surface area (TPSA) is 99.3 Å². The molecule has 0 spiro atoms. The molecule has 0 saturated carbocycles. The standard InChI is InChI=1S/C19H18N4O4/c24-19(14-27-18-9-4-3-8-17(18)23(25)26)20-12-15-6-1-2-7-16(15)13-22-11-5-10-21-22/h1-11H,12-14H2,(H,20,24). The van der Waals surface area contributed by atoms with Gasteiger partial charge in [-0.05, 0) is 23.3 Å². The maximum atomic E-state index is 12.1. The Bertz CT molecular complexity index is 925. The molecule has 1 aromatic heterocycles. The van der Waals surface area contributed by atoms with Gasteiger partial charge in [0, 0.05) is 25.0 Å². The molecule has 0 aliphatic rings. The van der Waals surface area contributed by atoms with E-state index in [1.54, 1.807) is 23.0 Å². The van der Waals surface area contributed by atoms with Gasteiger partial charge >= 0.3 is 5.69 Å². The van der Waals surface area contributed by atoms with Crippen LogP contribution in [0.25, 0.3) is 0 Å². The van der Waals surface area contributed by atoms with Crippen molar-refractivity contribution in [2.45, 2.75) is 13.1 Å². The van der Waals surface area contributed by atoms with Crippen molar-refractivity contribution in [1.82, 2.24) is 15.1 Å². The molecule has 1 N–H and O–H groups in total. The Morgan fingerprint density at radius 1 is 1.11 bits per heavy atom. The number of benzene rings is 2. The number of aromatic nitrogens is 2. The summed E-state index contributed by atoms with van der Waals surface area (Å²) in [6, 6.07) is 15.6. The van der Waals surface area contributed by atoms with E-state index in [2.05, 4.69) is 10.4 Å². The zero-order chi connectivity index (χ0) is 19.1. The molecule has 0 saturated heterocycles. The van der Waals surface area contributed by atoms with Crippen LogP contribution in [0.4, 0.5) is 5.69 Å². The predicted octanol–water partition coefficient (Wildman–Crippen LogP) is 2.53. The molecule has 0 radical (unpaired) electrons. The summed E-state index contributed by atoms with van der Waals surface area (Å²) in [5, 5.41) is 17.9. The SMILES string of the molecule is O=C(COc1ccccc1[N+](=O)[O-])NCc1ccccc1Cn1cccn1. The molecular weight excluding hydrogens is 348 g/mol. The first kappa shape index (κ1) is 18.1. The Labute approximate surface area is 155 Å². The number of para-hydroxylation sites is 2. The van der Waals surface area contributed by atoms with E-state index in [1.165, 1.54) is 12.1 Å². The van der Waals surface area contributed by atoms with Crippen LogP contribution in [0, 0.1) is 10.1 Å². The molecule has 0 unspecified atom stereocenters. The van der Waals surface area contributed by atoms with E-state index >= 15 is 0 Å². The number of nitrogens with one attached hydrogen (secondary N) is 1. The molecule has 1 heterocycles. The second-order valence-corrected chi connectivity index (χ2v) is 5.76. The second-order valence-electron chi connectivity index (χ2n) is 5.76. The van der Waals surface area contributed by atoms with Crippen molar-refractivity contribution >= 4 is 11.6 Å². The van der Waals surface area contributed by atoms with Crippen molar-refractivity contribution < 1.29 is 14.5 Å². The lowest BCUT2D eigenvalue weighted by atomic mass is 10.1. The number of nitro benzene ring substituents is 1. The number of carbonyl (C=O) groups is 1. The van der Waals surface area contributed by atoms with Gasteiger partial charge in [-0.1, -0.05) is 36.4 Å². The van der Waals surface area contributed by atoms with Crippen molar-refractivity contribution in [1.29, 1.82) is 0 Å². The first-order chi connectivity index (χ1) is 13.1. The van der Waals surface area contributed by atoms with E-state index < -0.39 is 4.92 Å². The fourth-order valence-corrected chi connectivity index (χ4v) is 2.57. The lowest BCUT2D eigenvalue weighted by Crippen LogP contribution is -2.29. The van der Waals surface area contributed by atoms with Gasteiger partial charge in [-0.15, -0.1) is 0 Å². The molecule has 0 fully saturated rings. The Kier molecular flexibility index (Phi) is 5.78. The van der Waals surface area contributed by atoms with Crippen LogP contribution in [0.2, 0.25) is 0 Å². The van der Waals surface area contributed by atoms with E-state index in [9.17, 15) is 14.9 Å². The van der Waals surface area contributed by atoms with Crippen LogP contribution in [0.15, 0.2) is 67.0 Å². The Balaban J connectivity index is 1.56. The van der Waals surface area contributed by atoms with Crippen LogP contribution >= 0.6 is 0 Å². The number of hydrogen-bond donors (Lipinski definition) is 1. The second kappa shape index (κ2) is 8.61. The van der Waals surface area contributed by atoms with Crippen LogP contribution in [-0.4, -0.2) is 27.2 Å². The van der Waals surface area contributed by atoms with Crippen LogP contribution < -0.4 is 10.1 Å². The summed E-state index contributed by atoms with van der Waals surface area (Å²) in [7, 11) is 0. The highest BCUT2D eigenvalue weighted by Gasteiger charge is 2.15. The van der Waals surface area contributed by atoms with Crippen LogP contribution in [0.5, 0.6) is 5.75 Å². The highest BCUT2D eigenvalue weighted by Crippen LogP contribution is 2.25. The van der Waals surface area contributed by atoms with E-state index in [1.807, 2.05) is 36.5 Å². The maximum Gasteiger partial charge on any atom is 0.310 e. The highest BCUT2D eigenvalue weighted by atomic mass is 16.6. The Hall–Kier alpha value is -3.68. The normalized spacial score (nSPS) is 10.4. The molecule has 27 heavy (non-hydrogen) atoms. The first-order valence-corrected chi connectivity index (χ1v) is 8.30. The summed E-state index contributed by atoms with van der Waals surface area (Å²) >= 11 is 0. The number of amides is 1. The number of rotatable bonds is 8. The van der Waals surface area contributed by atoms with Gasteiger partial charge in [-0.25, -0.2) is 0 Å². The fourth-order valence-electron chi connectivity index (χ4n) is 2.57. The molecule has 0 aliphatic carbocycles. The van der Waals surface area contributed by atoms with Crippen molar-refractivity contribution in [2.75, 3.05) is 6.61 Å². The van der Waals surface area contributed by atoms with E-state index in [-0.39, 0.29) is 24.0 Å². The molecule has 3 aromatic rings. The van der Waals surface area contributed by atoms with Crippen LogP contribution in [0.3, 0.4) is 0 Å². The van der Waals surface area contributed by atoms with Gasteiger partial charge in [0.1, 0.15) is 0 Å². The fraction of sp³-hybridized carbons (Fsp3) is 0.158. The van der Waals surface area contributed by atoms with Crippen LogP contribution in [-0.2, 0) is 17.9 Å². The largest absolute Gasteiger partial charge is 0.477 e. The van der Waals surface area contributed by atoms with Crippen molar-refractivity contribution in [3.05, 3.63) is 88.2 Å². The summed E-state index contributed by atoms with van der Waals surface area (Å²) < 4.78 is 7.10. The summed E-state index contributed by atoms with van der Waals surface area (Å²) in [6.45, 7) is 0.633. The number of nitrogens with zero attached hydrogens (tertiary/aromatic N) is 3. The van der Waals surface area contributed by atoms with Crippen molar-refractivity contribution in [3.63, 3.8) is 0 Å². The van der Waals surface area contributed by atoms with Gasteiger partial charge in [0.05, 0.1) is 11.5 Å². The number of hydrogen-bond acceptors (Lipinski definition) is 5. The maximum absolute atomic E-state index is 12.1. The first-order valence-electron chi connectivity index (χ1n) is 8.30. The third kappa shape index (κ3) is 4.91. The Morgan fingerprint density at radius 3 is 2.59 bits per heavy atom. The van der Waals surface area contributed by atoms with Gasteiger partial charge < -0.3 is 10.1 Å². The minimum atomic E-state index is -0.543. The Morgan fingerprint density at radius 2 is 1.85 bits per heavy atom. The van der Waals surface area contributed by atoms with Gasteiger partial charge in [0.15, 0.2) is 12.4 Å². The molecule has 138 valence electrons. The molecule has 1 amide bonds. The lowest BCUT2D eigenvalue weighted by Gasteiger charge is -2.11. The average molecular weight is 366 g/mol. The summed E-state index contributed by atoms with van der Waals surface area (Å²) in [5.74, 6) is -0.293. The summed E-state index contributed by atoms with van der Waals surface area (Å²) in [4.78, 5) is 22.5. The van der Waals surface area contributed by atoms with Gasteiger partial charge in [-0.2, -0.15) is 5.10 Å². The molecular formula is C19H18N4O4. The average Bonchev–Trinajstić information content (AvgIpc) is 3.19. The third-order valence-corrected chi connectivity index (χ3v) is 3.91. The molecule has 0 aliphatic heterocycles. The molecule has 0 bridgehead atoms. The highest BCUT2D eigenvalue weighted by molar-refractivity contribution is 5.77. The monoisotopic (exact) mass is 366 g/mol. The zero-order valence-electron chi connectivity index (χ0n) is 14.4. The quantitative estimate of drug-likeness (QED) is 0.488. The molecule has 2 aromatic carbocycles. The molecule has 3 rings (SSSR count). The van der Waals surface area contributed by atoms with E-state index in [0.717, 1.165) is 11.1 Å². The van der Waals surface area contributed by atoms with E-state index in [0.29, 0.717) is 13.1 Å². The third-order valence-electron chi connectivity index (χ3n) is 3.91. The van der Waals surface area contributed by atoms with Gasteiger partial charge in [-0.3, -0.25) is 19.6 Å². The number of ether oxygens (including phenoxy) is 1. The smallest absolute Gasteiger partial charge is 0.310 e. The van der Waals surface area contributed by atoms with Crippen molar-refractivity contribution in [2.24, 2.45) is 0 Å². The zero-order valence-corrected chi connectivity index (χ0v) is 14.4. The number of nitro groups is 1. The van der Waals surface area contributed by atoms with Crippen molar-refractivity contribution in [3.8, 4) is 5.75 Å². The molecule has 0 atom stereocenters. The van der Waals surface area contributed by atoms with Crippen LogP contribution in [0.1, 0.15) is 11.1 Å². The minimum absolute atomic E-state index is 0.0664. The lowest BCUT2D eigenvalue weighted by molar-refractivity contribution is -0.385.